The van der Waals surface area contributed by atoms with Gasteiger partial charge in [-0.25, -0.2) is 0 Å². The van der Waals surface area contributed by atoms with Crippen LogP contribution in [0.5, 0.6) is 0 Å². The number of nitrogens with zero attached hydrogens (tertiary/aromatic N) is 1. The predicted molar refractivity (Wildman–Crippen MR) is 153 cm³/mol. The molecule has 0 bridgehead atoms. The maximum Gasteiger partial charge on any atom is 0.259 e. The monoisotopic (exact) mass is 568 g/mol. The highest BCUT2D eigenvalue weighted by atomic mass is 35.5. The van der Waals surface area contributed by atoms with Crippen molar-refractivity contribution in [1.82, 2.24) is 10.2 Å². The van der Waals surface area contributed by atoms with Crippen molar-refractivity contribution in [3.8, 4) is 0 Å². The summed E-state index contributed by atoms with van der Waals surface area (Å²) < 4.78 is 12.2. The van der Waals surface area contributed by atoms with E-state index in [1.54, 1.807) is 12.3 Å². The number of likely N-dealkylation sites (tertiary alicyclic amines) is 1. The van der Waals surface area contributed by atoms with E-state index in [-0.39, 0.29) is 17.7 Å². The Hall–Kier alpha value is -2.35. The molecule has 0 spiro atoms. The topological polar surface area (TPSA) is 72.5 Å². The van der Waals surface area contributed by atoms with E-state index in [1.165, 1.54) is 5.56 Å². The maximum absolute atomic E-state index is 12.5. The highest BCUT2D eigenvalue weighted by Crippen LogP contribution is 2.35. The molecule has 0 radical (unpaired) electrons. The lowest BCUT2D eigenvalue weighted by molar-refractivity contribution is 0.0879. The number of imide groups is 1. The van der Waals surface area contributed by atoms with Crippen molar-refractivity contribution < 1.29 is 14.1 Å². The van der Waals surface area contributed by atoms with Gasteiger partial charge in [0.1, 0.15) is 6.26 Å². The van der Waals surface area contributed by atoms with Gasteiger partial charge in [0, 0.05) is 5.56 Å². The van der Waals surface area contributed by atoms with Gasteiger partial charge < -0.3 is 9.45 Å². The number of hydrogen-bond donors (Lipinski definition) is 1. The third-order valence-corrected chi connectivity index (χ3v) is 9.51. The Balaban J connectivity index is 1.30. The molecule has 2 aliphatic rings. The van der Waals surface area contributed by atoms with Crippen molar-refractivity contribution in [3.63, 3.8) is 0 Å². The first-order valence-electron chi connectivity index (χ1n) is 12.9. The fourth-order valence-corrected chi connectivity index (χ4v) is 6.91. The molecule has 2 heterocycles. The normalized spacial score (nSPS) is 17.8. The van der Waals surface area contributed by atoms with Gasteiger partial charge in [-0.2, -0.15) is 0 Å². The summed E-state index contributed by atoms with van der Waals surface area (Å²) in [5, 5.41) is 3.44. The summed E-state index contributed by atoms with van der Waals surface area (Å²) in [5.41, 5.74) is 4.07. The maximum atomic E-state index is 12.5. The first kappa shape index (κ1) is 27.2. The van der Waals surface area contributed by atoms with Crippen molar-refractivity contribution in [2.45, 2.75) is 42.4 Å². The van der Waals surface area contributed by atoms with Gasteiger partial charge >= 0.3 is 0 Å². The predicted octanol–water partition coefficient (Wildman–Crippen LogP) is 6.21. The second kappa shape index (κ2) is 11.8. The Bertz CT molecular complexity index is 1360. The highest BCUT2D eigenvalue weighted by molar-refractivity contribution is 7.90. The molecule has 0 aromatic heterocycles. The number of piperidine rings is 1. The molecule has 1 N–H and O–H groups in total. The van der Waals surface area contributed by atoms with Gasteiger partial charge in [-0.1, -0.05) is 59.6 Å². The fourth-order valence-electron chi connectivity index (χ4n) is 5.76. The Morgan fingerprint density at radius 2 is 1.76 bits per heavy atom. The molecule has 0 aliphatic carbocycles. The largest absolute Gasteiger partial charge is 0.612 e. The first-order chi connectivity index (χ1) is 18.3. The molecule has 3 aromatic carbocycles. The number of amides is 2. The van der Waals surface area contributed by atoms with Crippen LogP contribution >= 0.6 is 23.2 Å². The van der Waals surface area contributed by atoms with E-state index in [0.717, 1.165) is 54.9 Å². The Morgan fingerprint density at radius 3 is 2.50 bits per heavy atom. The molecule has 5 rings (SSSR count). The zero-order chi connectivity index (χ0) is 26.8. The zero-order valence-electron chi connectivity index (χ0n) is 21.2. The Labute approximate surface area is 236 Å². The molecule has 198 valence electrons. The van der Waals surface area contributed by atoms with E-state index in [2.05, 4.69) is 16.3 Å². The lowest BCUT2D eigenvalue weighted by Crippen LogP contribution is -2.34. The number of halogens is 2. The summed E-state index contributed by atoms with van der Waals surface area (Å²) in [4.78, 5) is 28.2. The van der Waals surface area contributed by atoms with Gasteiger partial charge in [0.2, 0.25) is 0 Å². The average Bonchev–Trinajstić information content (AvgIpc) is 3.22. The minimum atomic E-state index is -0.993. The molecule has 38 heavy (non-hydrogen) atoms. The number of nitrogens with one attached hydrogen (secondary N) is 1. The number of carbonyl (C=O) groups is 2. The lowest BCUT2D eigenvalue weighted by Gasteiger charge is -2.33. The zero-order valence-corrected chi connectivity index (χ0v) is 23.5. The average molecular weight is 570 g/mol. The SMILES string of the molecule is C[S@+]([O-])c1ccccc1C1CCN(CC[C@H](Cc2cccc3c2C(=O)NC3=O)c2ccc(Cl)c(Cl)c2)CC1. The van der Waals surface area contributed by atoms with Crippen LogP contribution in [0.3, 0.4) is 0 Å². The van der Waals surface area contributed by atoms with E-state index >= 15 is 0 Å². The molecule has 2 amide bonds. The second-order valence-electron chi connectivity index (χ2n) is 10.1. The summed E-state index contributed by atoms with van der Waals surface area (Å²) >= 11 is 11.6. The van der Waals surface area contributed by atoms with Crippen molar-refractivity contribution in [3.05, 3.63) is 98.5 Å². The smallest absolute Gasteiger partial charge is 0.259 e. The van der Waals surface area contributed by atoms with Crippen LogP contribution < -0.4 is 5.32 Å². The van der Waals surface area contributed by atoms with Crippen molar-refractivity contribution >= 4 is 46.2 Å². The number of benzene rings is 3. The summed E-state index contributed by atoms with van der Waals surface area (Å²) in [5.74, 6) is -0.154. The molecule has 8 heteroatoms. The van der Waals surface area contributed by atoms with E-state index in [4.69, 9.17) is 23.2 Å². The minimum absolute atomic E-state index is 0.0979. The van der Waals surface area contributed by atoms with Gasteiger partial charge in [-0.3, -0.25) is 14.9 Å². The first-order valence-corrected chi connectivity index (χ1v) is 15.2. The molecule has 3 aromatic rings. The van der Waals surface area contributed by atoms with Crippen LogP contribution in [-0.4, -0.2) is 47.2 Å². The summed E-state index contributed by atoms with van der Waals surface area (Å²) in [6.45, 7) is 2.85. The molecule has 1 fully saturated rings. The van der Waals surface area contributed by atoms with Crippen LogP contribution in [0.25, 0.3) is 0 Å². The van der Waals surface area contributed by atoms with Crippen LogP contribution in [0, 0.1) is 0 Å². The second-order valence-corrected chi connectivity index (χ2v) is 12.3. The molecular formula is C30H30Cl2N2O3S. The minimum Gasteiger partial charge on any atom is -0.612 e. The number of fused-ring (bicyclic) bond motifs is 1. The van der Waals surface area contributed by atoms with Crippen LogP contribution in [0.2, 0.25) is 10.0 Å². The third-order valence-electron chi connectivity index (χ3n) is 7.78. The number of rotatable bonds is 8. The number of hydrogen-bond acceptors (Lipinski definition) is 4. The number of carbonyl (C=O) groups excluding carboxylic acids is 2. The third kappa shape index (κ3) is 5.80. The Kier molecular flexibility index (Phi) is 8.46. The van der Waals surface area contributed by atoms with Crippen molar-refractivity contribution in [2.24, 2.45) is 0 Å². The van der Waals surface area contributed by atoms with Crippen LogP contribution in [0.1, 0.15) is 68.5 Å². The van der Waals surface area contributed by atoms with Gasteiger partial charge in [0.05, 0.1) is 21.2 Å². The van der Waals surface area contributed by atoms with E-state index in [0.29, 0.717) is 33.5 Å². The lowest BCUT2D eigenvalue weighted by atomic mass is 9.86. The van der Waals surface area contributed by atoms with Gasteiger partial charge in [-0.05, 0) is 104 Å². The fraction of sp³-hybridized carbons (Fsp3) is 0.333. The highest BCUT2D eigenvalue weighted by Gasteiger charge is 2.31. The van der Waals surface area contributed by atoms with Crippen LogP contribution in [-0.2, 0) is 17.6 Å². The summed E-state index contributed by atoms with van der Waals surface area (Å²) in [6.07, 6.45) is 5.30. The molecule has 1 saturated heterocycles. The van der Waals surface area contributed by atoms with Gasteiger partial charge in [-0.15, -0.1) is 0 Å². The molecule has 0 saturated carbocycles. The molecule has 2 atom stereocenters. The molecule has 5 nitrogen and oxygen atoms in total. The van der Waals surface area contributed by atoms with Crippen LogP contribution in [0.4, 0.5) is 0 Å². The molecule has 2 aliphatic heterocycles. The quantitative estimate of drug-likeness (QED) is 0.259. The van der Waals surface area contributed by atoms with E-state index in [9.17, 15) is 14.1 Å². The van der Waals surface area contributed by atoms with Gasteiger partial charge in [0.15, 0.2) is 4.90 Å². The van der Waals surface area contributed by atoms with E-state index in [1.807, 2.05) is 48.5 Å². The van der Waals surface area contributed by atoms with Crippen molar-refractivity contribution in [2.75, 3.05) is 25.9 Å². The van der Waals surface area contributed by atoms with Crippen LogP contribution in [0.15, 0.2) is 65.6 Å². The molecule has 0 unspecified atom stereocenters. The molecular weight excluding hydrogens is 539 g/mol. The summed E-state index contributed by atoms with van der Waals surface area (Å²) in [7, 11) is 0. The van der Waals surface area contributed by atoms with Crippen molar-refractivity contribution in [1.29, 1.82) is 0 Å². The Morgan fingerprint density at radius 1 is 1.00 bits per heavy atom. The van der Waals surface area contributed by atoms with Gasteiger partial charge in [0.25, 0.3) is 11.8 Å². The van der Waals surface area contributed by atoms with E-state index < -0.39 is 11.2 Å². The standard InChI is InChI=1S/C30H30Cl2N2O3S/c1-38(37)27-8-3-2-6-23(27)19-11-14-34(15-12-19)16-13-21(20-9-10-25(31)26(32)18-20)17-22-5-4-7-24-28(22)30(36)33-29(24)35/h2-10,18-19,21H,11-17H2,1H3,(H,33,35,36)/t21-,38+/m1/s1. The summed E-state index contributed by atoms with van der Waals surface area (Å²) in [6, 6.07) is 19.3.